The van der Waals surface area contributed by atoms with Crippen LogP contribution in [-0.4, -0.2) is 27.5 Å². The van der Waals surface area contributed by atoms with Crippen LogP contribution in [0.25, 0.3) is 10.8 Å². The molecule has 1 N–H and O–H groups in total. The molecule has 0 aliphatic carbocycles. The van der Waals surface area contributed by atoms with Crippen LogP contribution in [0, 0.1) is 5.92 Å². The number of rotatable bonds is 5. The Morgan fingerprint density at radius 3 is 2.37 bits per heavy atom. The molecule has 3 heterocycles. The van der Waals surface area contributed by atoms with E-state index in [2.05, 4.69) is 21.2 Å². The lowest BCUT2D eigenvalue weighted by Gasteiger charge is -2.30. The number of hydrogen-bond acceptors (Lipinski definition) is 6. The van der Waals surface area contributed by atoms with E-state index in [1.165, 1.54) is 16.7 Å². The summed E-state index contributed by atoms with van der Waals surface area (Å²) in [6.07, 6.45) is -4.81. The van der Waals surface area contributed by atoms with Crippen molar-refractivity contribution in [3.63, 3.8) is 0 Å². The monoisotopic (exact) mass is 723 g/mol. The summed E-state index contributed by atoms with van der Waals surface area (Å²) in [5, 5.41) is 3.94. The number of hydrogen-bond donors (Lipinski definition) is 1. The molecule has 7 rings (SSSR count). The van der Waals surface area contributed by atoms with Crippen molar-refractivity contribution < 1.29 is 27.6 Å². The van der Waals surface area contributed by atoms with Crippen LogP contribution < -0.4 is 15.1 Å². The van der Waals surface area contributed by atoms with Gasteiger partial charge in [-0.3, -0.25) is 23.7 Å². The minimum Gasteiger partial charge on any atom is -0.325 e. The van der Waals surface area contributed by atoms with Crippen LogP contribution >= 0.6 is 39.0 Å². The van der Waals surface area contributed by atoms with Gasteiger partial charge in [-0.05, 0) is 52.7 Å². The van der Waals surface area contributed by atoms with Crippen LogP contribution in [0.3, 0.4) is 0 Å². The first-order valence-corrected chi connectivity index (χ1v) is 16.5. The van der Waals surface area contributed by atoms with E-state index in [4.69, 9.17) is 0 Å². The van der Waals surface area contributed by atoms with Crippen molar-refractivity contribution in [2.45, 2.75) is 28.9 Å². The molecule has 232 valence electrons. The fourth-order valence-corrected chi connectivity index (χ4v) is 9.26. The molecule has 1 aromatic heterocycles. The minimum atomic E-state index is -4.81. The van der Waals surface area contributed by atoms with Gasteiger partial charge in [0, 0.05) is 21.0 Å². The second kappa shape index (κ2) is 11.6. The zero-order valence-electron chi connectivity index (χ0n) is 23.5. The van der Waals surface area contributed by atoms with E-state index in [0.29, 0.717) is 30.5 Å². The third kappa shape index (κ3) is 5.25. The molecule has 7 nitrogen and oxygen atoms in total. The molecule has 46 heavy (non-hydrogen) atoms. The van der Waals surface area contributed by atoms with E-state index < -0.39 is 57.1 Å². The van der Waals surface area contributed by atoms with Gasteiger partial charge in [0.2, 0.25) is 17.7 Å². The van der Waals surface area contributed by atoms with Crippen molar-refractivity contribution in [1.82, 2.24) is 4.57 Å². The Morgan fingerprint density at radius 2 is 1.61 bits per heavy atom. The number of amides is 3. The second-order valence-electron chi connectivity index (χ2n) is 10.9. The Bertz CT molecular complexity index is 2130. The van der Waals surface area contributed by atoms with Crippen molar-refractivity contribution in [2.24, 2.45) is 5.92 Å². The summed E-state index contributed by atoms with van der Waals surface area (Å²) in [4.78, 5) is 55.3. The van der Waals surface area contributed by atoms with E-state index >= 15 is 0 Å². The normalized spacial score (nSPS) is 19.3. The van der Waals surface area contributed by atoms with Gasteiger partial charge in [0.05, 0.1) is 22.2 Å². The van der Waals surface area contributed by atoms with Gasteiger partial charge in [-0.25, -0.2) is 4.90 Å². The van der Waals surface area contributed by atoms with Gasteiger partial charge < -0.3 is 5.32 Å². The van der Waals surface area contributed by atoms with Crippen molar-refractivity contribution in [1.29, 1.82) is 0 Å². The van der Waals surface area contributed by atoms with Gasteiger partial charge in [0.15, 0.2) is 0 Å². The number of carbonyl (C=O) groups is 3. The molecule has 5 aromatic rings. The summed E-state index contributed by atoms with van der Waals surface area (Å²) >= 11 is 5.24. The molecule has 13 heteroatoms. The zero-order chi connectivity index (χ0) is 32.3. The molecule has 2 aliphatic rings. The molecular formula is C33H21BrF3N3O4S2. The van der Waals surface area contributed by atoms with E-state index in [0.717, 1.165) is 46.0 Å². The van der Waals surface area contributed by atoms with Crippen molar-refractivity contribution >= 4 is 78.9 Å². The summed E-state index contributed by atoms with van der Waals surface area (Å²) < 4.78 is 43.9. The first-order chi connectivity index (χ1) is 22.0. The van der Waals surface area contributed by atoms with Crippen LogP contribution in [0.1, 0.15) is 21.9 Å². The lowest BCUT2D eigenvalue weighted by molar-refractivity contribution is -0.137. The van der Waals surface area contributed by atoms with Gasteiger partial charge in [-0.2, -0.15) is 13.2 Å². The average molecular weight is 725 g/mol. The quantitative estimate of drug-likeness (QED) is 0.193. The molecular weight excluding hydrogens is 703 g/mol. The van der Waals surface area contributed by atoms with E-state index in [9.17, 15) is 32.3 Å². The number of imide groups is 1. The molecule has 4 aromatic carbocycles. The first kappa shape index (κ1) is 30.5. The molecule has 3 amide bonds. The predicted molar refractivity (Wildman–Crippen MR) is 174 cm³/mol. The molecule has 0 radical (unpaired) electrons. The van der Waals surface area contributed by atoms with Gasteiger partial charge >= 0.3 is 11.0 Å². The van der Waals surface area contributed by atoms with Crippen LogP contribution in [0.15, 0.2) is 105 Å². The van der Waals surface area contributed by atoms with Crippen molar-refractivity contribution in [2.75, 3.05) is 10.2 Å². The maximum Gasteiger partial charge on any atom is 0.418 e. The van der Waals surface area contributed by atoms with Crippen molar-refractivity contribution in [3.05, 3.63) is 121 Å². The fraction of sp³-hybridized carbons (Fsp3) is 0.152. The molecule has 1 saturated heterocycles. The number of nitrogens with zero attached hydrogens (tertiary/aromatic N) is 2. The number of halogens is 4. The van der Waals surface area contributed by atoms with E-state index in [1.807, 2.05) is 36.4 Å². The predicted octanol–water partition coefficient (Wildman–Crippen LogP) is 7.28. The number of fused-ring (bicyclic) bond motifs is 3. The number of nitrogens with one attached hydrogen (secondary N) is 1. The highest BCUT2D eigenvalue weighted by Gasteiger charge is 2.57. The van der Waals surface area contributed by atoms with Gasteiger partial charge in [-0.1, -0.05) is 93.6 Å². The Balaban J connectivity index is 1.28. The van der Waals surface area contributed by atoms with Crippen LogP contribution in [0.2, 0.25) is 0 Å². The average Bonchev–Trinajstić information content (AvgIpc) is 3.46. The largest absolute Gasteiger partial charge is 0.418 e. The molecule has 2 aliphatic heterocycles. The second-order valence-corrected chi connectivity index (χ2v) is 13.9. The Kier molecular flexibility index (Phi) is 7.65. The SMILES string of the molecule is O=C(Cn1c2c(sc1=O)[C@@H](c1cccc(Br)c1)[C@@H]1C(=O)N(c3ccccc3C(F)(F)F)C(=O)[C@@H]1S2)Nc1ccc2ccccc2c1. The fourth-order valence-electron chi connectivity index (χ4n) is 6.07. The lowest BCUT2D eigenvalue weighted by atomic mass is 9.83. The molecule has 3 atom stereocenters. The number of thioether (sulfide) groups is 1. The number of carbonyl (C=O) groups excluding carboxylic acids is 3. The van der Waals surface area contributed by atoms with Crippen LogP contribution in [0.5, 0.6) is 0 Å². The standard InChI is InChI=1S/C33H21BrF3N3O4S2/c34-20-9-5-8-19(14-20)25-26-27(30(43)40(29(26)42)23-11-4-3-10-22(23)33(35,36)37)45-31-28(25)46-32(44)39(31)16-24(41)38-21-13-12-17-6-1-2-7-18(17)15-21/h1-15,25-27H,16H2,(H,38,41)/t25-,26-,27+/m0/s1. The molecule has 0 unspecified atom stereocenters. The summed E-state index contributed by atoms with van der Waals surface area (Å²) in [7, 11) is 0. The van der Waals surface area contributed by atoms with Gasteiger partial charge in [0.1, 0.15) is 11.8 Å². The molecule has 0 bridgehead atoms. The third-order valence-electron chi connectivity index (χ3n) is 8.04. The molecule has 0 saturated carbocycles. The summed E-state index contributed by atoms with van der Waals surface area (Å²) in [6, 6.07) is 24.6. The smallest absolute Gasteiger partial charge is 0.325 e. The minimum absolute atomic E-state index is 0.335. The van der Waals surface area contributed by atoms with Crippen molar-refractivity contribution in [3.8, 4) is 0 Å². The topological polar surface area (TPSA) is 88.5 Å². The Labute approximate surface area is 276 Å². The highest BCUT2D eigenvalue weighted by atomic mass is 79.9. The third-order valence-corrected chi connectivity index (χ3v) is 11.1. The number of thiazole rings is 1. The molecule has 1 fully saturated rings. The van der Waals surface area contributed by atoms with Gasteiger partial charge in [-0.15, -0.1) is 0 Å². The van der Waals surface area contributed by atoms with E-state index in [1.54, 1.807) is 30.3 Å². The number of para-hydroxylation sites is 1. The maximum atomic E-state index is 14.0. The highest BCUT2D eigenvalue weighted by Crippen LogP contribution is 2.54. The maximum absolute atomic E-state index is 14.0. The number of anilines is 2. The highest BCUT2D eigenvalue weighted by molar-refractivity contribution is 9.10. The zero-order valence-corrected chi connectivity index (χ0v) is 26.7. The number of aromatic nitrogens is 1. The summed E-state index contributed by atoms with van der Waals surface area (Å²) in [5.41, 5.74) is -0.497. The van der Waals surface area contributed by atoms with Crippen LogP contribution in [0.4, 0.5) is 24.5 Å². The number of alkyl halides is 3. The number of benzene rings is 4. The Hall–Kier alpha value is -4.20. The summed E-state index contributed by atoms with van der Waals surface area (Å²) in [6.45, 7) is -0.365. The Morgan fingerprint density at radius 1 is 0.870 bits per heavy atom. The lowest BCUT2D eigenvalue weighted by Crippen LogP contribution is -2.33. The first-order valence-electron chi connectivity index (χ1n) is 14.0. The summed E-state index contributed by atoms with van der Waals surface area (Å²) in [5.74, 6) is -3.97. The van der Waals surface area contributed by atoms with Crippen LogP contribution in [-0.2, 0) is 27.1 Å². The molecule has 0 spiro atoms. The van der Waals surface area contributed by atoms with Gasteiger partial charge in [0.25, 0.3) is 0 Å². The van der Waals surface area contributed by atoms with E-state index in [-0.39, 0.29) is 6.54 Å².